The zero-order chi connectivity index (χ0) is 13.1. The molecule has 0 aliphatic carbocycles. The van der Waals surface area contributed by atoms with Crippen molar-refractivity contribution in [1.82, 2.24) is 10.0 Å². The summed E-state index contributed by atoms with van der Waals surface area (Å²) in [6, 6.07) is 9.31. The summed E-state index contributed by atoms with van der Waals surface area (Å²) in [4.78, 5) is 24.9. The van der Waals surface area contributed by atoms with Gasteiger partial charge in [-0.1, -0.05) is 18.2 Å². The Balaban J connectivity index is 2.09. The third-order valence-electron chi connectivity index (χ3n) is 2.50. The van der Waals surface area contributed by atoms with Crippen molar-refractivity contribution < 1.29 is 19.9 Å². The van der Waals surface area contributed by atoms with Crippen molar-refractivity contribution >= 4 is 22.8 Å². The minimum Gasteiger partial charge on any atom is -0.480 e. The first-order valence-corrected chi connectivity index (χ1v) is 5.34. The van der Waals surface area contributed by atoms with Crippen molar-refractivity contribution in [3.63, 3.8) is 0 Å². The number of rotatable bonds is 4. The van der Waals surface area contributed by atoms with Gasteiger partial charge in [-0.2, -0.15) is 0 Å². The minimum atomic E-state index is -1.26. The van der Waals surface area contributed by atoms with E-state index in [2.05, 4.69) is 4.98 Å². The highest BCUT2D eigenvalue weighted by Crippen LogP contribution is 2.15. The van der Waals surface area contributed by atoms with Crippen LogP contribution in [-0.2, 0) is 16.0 Å². The van der Waals surface area contributed by atoms with E-state index in [0.29, 0.717) is 5.69 Å². The van der Waals surface area contributed by atoms with E-state index in [0.717, 1.165) is 10.9 Å². The molecule has 3 N–H and O–H groups in total. The van der Waals surface area contributed by atoms with Gasteiger partial charge in [0.25, 0.3) is 5.91 Å². The van der Waals surface area contributed by atoms with Crippen LogP contribution < -0.4 is 0 Å². The molecule has 0 aliphatic rings. The van der Waals surface area contributed by atoms with Crippen LogP contribution in [0.4, 0.5) is 0 Å². The Morgan fingerprint density at radius 3 is 2.67 bits per heavy atom. The summed E-state index contributed by atoms with van der Waals surface area (Å²) < 4.78 is 0. The zero-order valence-electron chi connectivity index (χ0n) is 9.46. The summed E-state index contributed by atoms with van der Waals surface area (Å²) >= 11 is 0. The predicted molar refractivity (Wildman–Crippen MR) is 63.1 cm³/mol. The van der Waals surface area contributed by atoms with E-state index < -0.39 is 18.4 Å². The SMILES string of the molecule is O=C(O)CN(O)C(=O)Cc1cc2ccccc2[nH]1. The highest BCUT2D eigenvalue weighted by molar-refractivity contribution is 5.85. The van der Waals surface area contributed by atoms with E-state index in [1.807, 2.05) is 24.3 Å². The Morgan fingerprint density at radius 2 is 2.00 bits per heavy atom. The number of hydroxylamine groups is 2. The number of aliphatic carboxylic acids is 1. The van der Waals surface area contributed by atoms with E-state index in [-0.39, 0.29) is 11.5 Å². The molecule has 0 atom stereocenters. The maximum atomic E-state index is 11.5. The summed E-state index contributed by atoms with van der Waals surface area (Å²) in [5.74, 6) is -1.92. The quantitative estimate of drug-likeness (QED) is 0.556. The standard InChI is InChI=1S/C12H12N2O4/c15-11(14(18)7-12(16)17)6-9-5-8-3-1-2-4-10(8)13-9/h1-5,13,18H,6-7H2,(H,16,17). The lowest BCUT2D eigenvalue weighted by atomic mass is 10.2. The van der Waals surface area contributed by atoms with Crippen LogP contribution in [-0.4, -0.2) is 38.8 Å². The Kier molecular flexibility index (Phi) is 3.29. The maximum Gasteiger partial charge on any atom is 0.325 e. The van der Waals surface area contributed by atoms with E-state index >= 15 is 0 Å². The van der Waals surface area contributed by atoms with Crippen LogP contribution in [0.3, 0.4) is 0 Å². The molecule has 6 heteroatoms. The van der Waals surface area contributed by atoms with Crippen molar-refractivity contribution in [2.45, 2.75) is 6.42 Å². The number of aromatic amines is 1. The molecule has 2 aromatic rings. The molecule has 0 saturated heterocycles. The summed E-state index contributed by atoms with van der Waals surface area (Å²) in [5, 5.41) is 18.8. The number of benzene rings is 1. The van der Waals surface area contributed by atoms with Crippen LogP contribution >= 0.6 is 0 Å². The molecule has 0 bridgehead atoms. The lowest BCUT2D eigenvalue weighted by Crippen LogP contribution is -2.33. The van der Waals surface area contributed by atoms with Crippen LogP contribution in [0.2, 0.25) is 0 Å². The first-order valence-electron chi connectivity index (χ1n) is 5.34. The number of H-pyrrole nitrogens is 1. The number of hydrogen-bond donors (Lipinski definition) is 3. The molecule has 0 radical (unpaired) electrons. The molecule has 1 aromatic carbocycles. The molecule has 6 nitrogen and oxygen atoms in total. The molecular formula is C12H12N2O4. The summed E-state index contributed by atoms with van der Waals surface area (Å²) in [7, 11) is 0. The van der Waals surface area contributed by atoms with Gasteiger partial charge in [-0.25, -0.2) is 5.06 Å². The topological polar surface area (TPSA) is 93.6 Å². The fraction of sp³-hybridized carbons (Fsp3) is 0.167. The first kappa shape index (κ1) is 12.1. The van der Waals surface area contributed by atoms with Gasteiger partial charge in [-0.3, -0.25) is 14.8 Å². The number of carbonyl (C=O) groups is 2. The highest BCUT2D eigenvalue weighted by atomic mass is 16.5. The molecular weight excluding hydrogens is 236 g/mol. The molecule has 94 valence electrons. The van der Waals surface area contributed by atoms with Gasteiger partial charge < -0.3 is 10.1 Å². The van der Waals surface area contributed by atoms with Gasteiger partial charge in [0.15, 0.2) is 0 Å². The normalized spacial score (nSPS) is 10.5. The molecule has 0 saturated carbocycles. The highest BCUT2D eigenvalue weighted by Gasteiger charge is 2.15. The Hall–Kier alpha value is -2.34. The molecule has 1 aromatic heterocycles. The number of amides is 1. The number of carbonyl (C=O) groups excluding carboxylic acids is 1. The lowest BCUT2D eigenvalue weighted by Gasteiger charge is -2.11. The van der Waals surface area contributed by atoms with Gasteiger partial charge in [-0.05, 0) is 17.5 Å². The Morgan fingerprint density at radius 1 is 1.28 bits per heavy atom. The predicted octanol–water partition coefficient (Wildman–Crippen LogP) is 1.01. The van der Waals surface area contributed by atoms with Gasteiger partial charge in [-0.15, -0.1) is 0 Å². The van der Waals surface area contributed by atoms with E-state index in [4.69, 9.17) is 5.11 Å². The number of carboxylic acid groups (broad SMARTS) is 1. The molecule has 0 spiro atoms. The summed E-state index contributed by atoms with van der Waals surface area (Å²) in [5.41, 5.74) is 1.52. The molecule has 0 unspecified atom stereocenters. The van der Waals surface area contributed by atoms with E-state index in [1.165, 1.54) is 0 Å². The van der Waals surface area contributed by atoms with Crippen LogP contribution in [0.25, 0.3) is 10.9 Å². The second-order valence-corrected chi connectivity index (χ2v) is 3.90. The fourth-order valence-electron chi connectivity index (χ4n) is 1.70. The van der Waals surface area contributed by atoms with Gasteiger partial charge in [0, 0.05) is 11.2 Å². The first-order chi connectivity index (χ1) is 8.56. The second-order valence-electron chi connectivity index (χ2n) is 3.90. The third kappa shape index (κ3) is 2.67. The lowest BCUT2D eigenvalue weighted by molar-refractivity contribution is -0.172. The number of aromatic nitrogens is 1. The van der Waals surface area contributed by atoms with Gasteiger partial charge >= 0.3 is 5.97 Å². The molecule has 0 aliphatic heterocycles. The van der Waals surface area contributed by atoms with E-state index in [1.54, 1.807) is 6.07 Å². The number of carboxylic acids is 1. The average molecular weight is 248 g/mol. The number of nitrogens with zero attached hydrogens (tertiary/aromatic N) is 1. The van der Waals surface area contributed by atoms with Crippen molar-refractivity contribution in [2.75, 3.05) is 6.54 Å². The smallest absolute Gasteiger partial charge is 0.325 e. The van der Waals surface area contributed by atoms with Gasteiger partial charge in [0.1, 0.15) is 6.54 Å². The van der Waals surface area contributed by atoms with Gasteiger partial charge in [0.05, 0.1) is 6.42 Å². The molecule has 2 rings (SSSR count). The number of nitrogens with one attached hydrogen (secondary N) is 1. The van der Waals surface area contributed by atoms with Crippen molar-refractivity contribution in [1.29, 1.82) is 0 Å². The van der Waals surface area contributed by atoms with Crippen molar-refractivity contribution in [2.24, 2.45) is 0 Å². The zero-order valence-corrected chi connectivity index (χ0v) is 9.46. The maximum absolute atomic E-state index is 11.5. The van der Waals surface area contributed by atoms with Crippen LogP contribution in [0.1, 0.15) is 5.69 Å². The second kappa shape index (κ2) is 4.89. The fourth-order valence-corrected chi connectivity index (χ4v) is 1.70. The largest absolute Gasteiger partial charge is 0.480 e. The number of fused-ring (bicyclic) bond motifs is 1. The van der Waals surface area contributed by atoms with Crippen molar-refractivity contribution in [3.05, 3.63) is 36.0 Å². The van der Waals surface area contributed by atoms with Crippen LogP contribution in [0.5, 0.6) is 0 Å². The number of hydrogen-bond acceptors (Lipinski definition) is 3. The third-order valence-corrected chi connectivity index (χ3v) is 2.50. The molecule has 18 heavy (non-hydrogen) atoms. The monoisotopic (exact) mass is 248 g/mol. The molecule has 1 amide bonds. The van der Waals surface area contributed by atoms with Crippen LogP contribution in [0, 0.1) is 0 Å². The summed E-state index contributed by atoms with van der Waals surface area (Å²) in [6.07, 6.45) is -0.0710. The Labute approximate surface area is 102 Å². The number of para-hydroxylation sites is 1. The van der Waals surface area contributed by atoms with Gasteiger partial charge in [0.2, 0.25) is 0 Å². The van der Waals surface area contributed by atoms with E-state index in [9.17, 15) is 14.8 Å². The Bertz CT molecular complexity index is 558. The summed E-state index contributed by atoms with van der Waals surface area (Å²) in [6.45, 7) is -0.723. The molecule has 0 fully saturated rings. The minimum absolute atomic E-state index is 0.0710. The average Bonchev–Trinajstić information content (AvgIpc) is 2.69. The van der Waals surface area contributed by atoms with Crippen molar-refractivity contribution in [3.8, 4) is 0 Å². The molecule has 1 heterocycles. The van der Waals surface area contributed by atoms with Crippen LogP contribution in [0.15, 0.2) is 30.3 Å².